The largest absolute Gasteiger partial charge is 0.456 e. The second-order valence-electron chi connectivity index (χ2n) is 23.1. The van der Waals surface area contributed by atoms with Gasteiger partial charge in [-0.2, -0.15) is 0 Å². The minimum atomic E-state index is 0.648. The molecule has 0 saturated heterocycles. The standard InChI is InChI=1S/C80H45N5O3/c1-7-19-61-53(13-1)73-64(39-42-70-76(73)56-16-4-10-22-67(56)86-70)83(61)50-32-25-46(26-33-50)49-31-38-60-59(45-49)79(47-27-34-51(35-28-47)84-62-20-8-2-14-54(62)74-65(84)40-43-71-77(74)57-17-5-11-23-68(57)87-71)82-80(81-60)48-29-36-52(37-30-48)85-63-21-9-3-15-55(63)75-66(85)41-44-72-78(75)58-18-6-12-24-69(58)88-72/h1-45H. The van der Waals surface area contributed by atoms with Crippen molar-refractivity contribution in [3.8, 4) is 50.8 Å². The van der Waals surface area contributed by atoms with Gasteiger partial charge in [0.1, 0.15) is 33.5 Å². The summed E-state index contributed by atoms with van der Waals surface area (Å²) in [5.41, 5.74) is 21.0. The average molecular weight is 1120 g/mol. The van der Waals surface area contributed by atoms with Crippen LogP contribution in [0.15, 0.2) is 286 Å². The molecule has 20 aromatic rings. The lowest BCUT2D eigenvalue weighted by molar-refractivity contribution is 0.669. The molecule has 8 heteroatoms. The highest BCUT2D eigenvalue weighted by Crippen LogP contribution is 2.46. The number of fused-ring (bicyclic) bond motifs is 22. The van der Waals surface area contributed by atoms with Crippen LogP contribution in [0.5, 0.6) is 0 Å². The first-order valence-corrected chi connectivity index (χ1v) is 29.8. The highest BCUT2D eigenvalue weighted by Gasteiger charge is 2.23. The molecule has 7 aromatic heterocycles. The molecule has 0 saturated carbocycles. The van der Waals surface area contributed by atoms with Gasteiger partial charge in [0.15, 0.2) is 5.82 Å². The van der Waals surface area contributed by atoms with Gasteiger partial charge in [0.05, 0.1) is 44.3 Å². The van der Waals surface area contributed by atoms with Crippen molar-refractivity contribution in [3.05, 3.63) is 273 Å². The first-order valence-electron chi connectivity index (χ1n) is 29.8. The molecule has 0 aliphatic carbocycles. The van der Waals surface area contributed by atoms with E-state index >= 15 is 0 Å². The lowest BCUT2D eigenvalue weighted by Gasteiger charge is -2.14. The molecule has 0 unspecified atom stereocenters. The van der Waals surface area contributed by atoms with E-state index in [1.807, 2.05) is 24.3 Å². The van der Waals surface area contributed by atoms with Crippen LogP contribution in [0.3, 0.4) is 0 Å². The van der Waals surface area contributed by atoms with Crippen LogP contribution in [-0.2, 0) is 0 Å². The van der Waals surface area contributed by atoms with E-state index in [0.717, 1.165) is 155 Å². The molecule has 408 valence electrons. The predicted octanol–water partition coefficient (Wildman–Crippen LogP) is 21.6. The van der Waals surface area contributed by atoms with E-state index in [4.69, 9.17) is 23.2 Å². The Morgan fingerprint density at radius 1 is 0.227 bits per heavy atom. The SMILES string of the molecule is c1ccc2c(c1)oc1ccc3c(c4ccccc4n3-c3ccc(-c4ccc5nc(-c6ccc(-n7c8ccccc8c8c9c(ccc87)oc7ccccc79)cc6)nc(-c6ccc(-n7c8ccccc8c8c9c(ccc87)oc7ccccc79)cc6)c5c4)cc3)c12. The van der Waals surface area contributed by atoms with E-state index in [9.17, 15) is 0 Å². The Balaban J connectivity index is 0.731. The van der Waals surface area contributed by atoms with E-state index in [1.165, 1.54) is 32.3 Å². The molecule has 0 aliphatic rings. The molecule has 0 spiro atoms. The van der Waals surface area contributed by atoms with Crippen LogP contribution in [0.2, 0.25) is 0 Å². The zero-order valence-electron chi connectivity index (χ0n) is 46.9. The van der Waals surface area contributed by atoms with E-state index < -0.39 is 0 Å². The maximum atomic E-state index is 6.42. The van der Waals surface area contributed by atoms with Crippen molar-refractivity contribution in [1.29, 1.82) is 0 Å². The predicted molar refractivity (Wildman–Crippen MR) is 361 cm³/mol. The summed E-state index contributed by atoms with van der Waals surface area (Å²) in [6.45, 7) is 0. The number of rotatable bonds is 6. The first kappa shape index (κ1) is 47.4. The zero-order chi connectivity index (χ0) is 57.3. The molecule has 0 radical (unpaired) electrons. The Morgan fingerprint density at radius 3 is 1.00 bits per heavy atom. The van der Waals surface area contributed by atoms with Crippen LogP contribution in [0.25, 0.3) is 193 Å². The number of benzene rings is 13. The van der Waals surface area contributed by atoms with E-state index in [2.05, 4.69) is 262 Å². The smallest absolute Gasteiger partial charge is 0.160 e. The number of nitrogens with zero attached hydrogens (tertiary/aromatic N) is 5. The quantitative estimate of drug-likeness (QED) is 0.166. The minimum absolute atomic E-state index is 0.648. The lowest BCUT2D eigenvalue weighted by Crippen LogP contribution is -1.98. The van der Waals surface area contributed by atoms with Gasteiger partial charge >= 0.3 is 0 Å². The van der Waals surface area contributed by atoms with Crippen LogP contribution < -0.4 is 0 Å². The second-order valence-corrected chi connectivity index (χ2v) is 23.1. The van der Waals surface area contributed by atoms with Gasteiger partial charge in [-0.3, -0.25) is 0 Å². The summed E-state index contributed by atoms with van der Waals surface area (Å²) in [7, 11) is 0. The molecule has 13 aromatic carbocycles. The fourth-order valence-electron chi connectivity index (χ4n) is 14.6. The molecule has 88 heavy (non-hydrogen) atoms. The minimum Gasteiger partial charge on any atom is -0.456 e. The second kappa shape index (κ2) is 17.8. The van der Waals surface area contributed by atoms with E-state index in [-0.39, 0.29) is 0 Å². The van der Waals surface area contributed by atoms with E-state index in [1.54, 1.807) is 0 Å². The number of hydrogen-bond donors (Lipinski definition) is 0. The van der Waals surface area contributed by atoms with Gasteiger partial charge in [0, 0.05) is 98.2 Å². The Hall–Kier alpha value is -12.0. The highest BCUT2D eigenvalue weighted by atomic mass is 16.3. The van der Waals surface area contributed by atoms with Gasteiger partial charge in [-0.1, -0.05) is 140 Å². The van der Waals surface area contributed by atoms with Crippen molar-refractivity contribution < 1.29 is 13.3 Å². The summed E-state index contributed by atoms with van der Waals surface area (Å²) in [5.74, 6) is 0.648. The molecule has 0 atom stereocenters. The molecule has 0 amide bonds. The monoisotopic (exact) mass is 1120 g/mol. The molecule has 8 nitrogen and oxygen atoms in total. The normalized spacial score (nSPS) is 12.3. The maximum absolute atomic E-state index is 6.42. The fraction of sp³-hybridized carbons (Fsp3) is 0. The fourth-order valence-corrected chi connectivity index (χ4v) is 14.6. The van der Waals surface area contributed by atoms with Gasteiger partial charge in [0.2, 0.25) is 0 Å². The Bertz CT molecular complexity index is 6350. The molecular weight excluding hydrogens is 1080 g/mol. The molecule has 20 rings (SSSR count). The molecule has 0 fully saturated rings. The van der Waals surface area contributed by atoms with Crippen molar-refractivity contribution in [2.75, 3.05) is 0 Å². The van der Waals surface area contributed by atoms with Crippen LogP contribution in [0.4, 0.5) is 0 Å². The first-order chi connectivity index (χ1) is 43.6. The number of para-hydroxylation sites is 6. The molecule has 0 bridgehead atoms. The summed E-state index contributed by atoms with van der Waals surface area (Å²) >= 11 is 0. The summed E-state index contributed by atoms with van der Waals surface area (Å²) in [4.78, 5) is 10.9. The summed E-state index contributed by atoms with van der Waals surface area (Å²) in [6, 6.07) is 97.1. The van der Waals surface area contributed by atoms with Gasteiger partial charge in [-0.05, 0) is 145 Å². The number of hydrogen-bond acceptors (Lipinski definition) is 5. The van der Waals surface area contributed by atoms with Crippen molar-refractivity contribution in [2.24, 2.45) is 0 Å². The third kappa shape index (κ3) is 6.62. The van der Waals surface area contributed by atoms with Crippen LogP contribution in [0.1, 0.15) is 0 Å². The van der Waals surface area contributed by atoms with Crippen molar-refractivity contribution >= 4 is 142 Å². The third-order valence-corrected chi connectivity index (χ3v) is 18.5. The molecule has 7 heterocycles. The Labute approximate surface area is 500 Å². The van der Waals surface area contributed by atoms with Gasteiger partial charge in [-0.15, -0.1) is 0 Å². The zero-order valence-corrected chi connectivity index (χ0v) is 46.9. The van der Waals surface area contributed by atoms with Crippen LogP contribution in [0, 0.1) is 0 Å². The van der Waals surface area contributed by atoms with E-state index in [0.29, 0.717) is 5.82 Å². The Kier molecular flexibility index (Phi) is 9.57. The van der Waals surface area contributed by atoms with Gasteiger partial charge < -0.3 is 27.0 Å². The summed E-state index contributed by atoms with van der Waals surface area (Å²) in [6.07, 6.45) is 0. The molecule has 0 N–H and O–H groups in total. The summed E-state index contributed by atoms with van der Waals surface area (Å²) in [5, 5.41) is 14.8. The number of aromatic nitrogens is 5. The lowest BCUT2D eigenvalue weighted by atomic mass is 9.99. The average Bonchev–Trinajstić information content (AvgIpc) is 1.65. The number of furan rings is 3. The van der Waals surface area contributed by atoms with Crippen molar-refractivity contribution in [1.82, 2.24) is 23.7 Å². The highest BCUT2D eigenvalue weighted by molar-refractivity contribution is 6.30. The van der Waals surface area contributed by atoms with Crippen LogP contribution >= 0.6 is 0 Å². The van der Waals surface area contributed by atoms with Crippen LogP contribution in [-0.4, -0.2) is 23.7 Å². The molecular formula is C80H45N5O3. The molecule has 0 aliphatic heterocycles. The van der Waals surface area contributed by atoms with Gasteiger partial charge in [-0.25, -0.2) is 9.97 Å². The summed E-state index contributed by atoms with van der Waals surface area (Å²) < 4.78 is 26.3. The third-order valence-electron chi connectivity index (χ3n) is 18.5. The van der Waals surface area contributed by atoms with Gasteiger partial charge in [0.25, 0.3) is 0 Å². The van der Waals surface area contributed by atoms with Crippen molar-refractivity contribution in [3.63, 3.8) is 0 Å². The topological polar surface area (TPSA) is 80.0 Å². The Morgan fingerprint density at radius 2 is 0.580 bits per heavy atom. The van der Waals surface area contributed by atoms with Crippen molar-refractivity contribution in [2.45, 2.75) is 0 Å². The maximum Gasteiger partial charge on any atom is 0.160 e.